The molecule has 6 nitrogen and oxygen atoms in total. The quantitative estimate of drug-likeness (QED) is 0.630. The topological polar surface area (TPSA) is 76.7 Å². The van der Waals surface area contributed by atoms with Crippen LogP contribution in [0.15, 0.2) is 24.3 Å². The third-order valence-corrected chi connectivity index (χ3v) is 4.96. The lowest BCUT2D eigenvalue weighted by Crippen LogP contribution is -2.52. The summed E-state index contributed by atoms with van der Waals surface area (Å²) in [7, 11) is 0. The van der Waals surface area contributed by atoms with Gasteiger partial charge in [-0.25, -0.2) is 0 Å². The van der Waals surface area contributed by atoms with Gasteiger partial charge in [-0.15, -0.1) is 23.2 Å². The first-order valence-corrected chi connectivity index (χ1v) is 7.46. The number of benzene rings is 1. The van der Waals surface area contributed by atoms with E-state index in [1.54, 1.807) is 25.1 Å². The number of hydrogen-bond donors (Lipinski definition) is 2. The lowest BCUT2D eigenvalue weighted by Gasteiger charge is -2.25. The highest BCUT2D eigenvalue weighted by Gasteiger charge is 2.68. The Balaban J connectivity index is 1.55. The molecule has 0 bridgehead atoms. The van der Waals surface area contributed by atoms with E-state index in [1.807, 2.05) is 6.07 Å². The van der Waals surface area contributed by atoms with Crippen LogP contribution in [0.25, 0.3) is 0 Å². The molecular weight excluding hydrogens is 331 g/mol. The molecule has 1 aliphatic heterocycles. The predicted molar refractivity (Wildman–Crippen MR) is 79.8 cm³/mol. The summed E-state index contributed by atoms with van der Waals surface area (Å²) in [6.07, 6.45) is -0.514. The minimum absolute atomic E-state index is 0.0605. The molecular formula is C14H14Cl2N2O4. The van der Waals surface area contributed by atoms with Crippen molar-refractivity contribution < 1.29 is 19.1 Å². The predicted octanol–water partition coefficient (Wildman–Crippen LogP) is 1.56. The first-order chi connectivity index (χ1) is 10.3. The SMILES string of the molecule is C[C@]1(C(=O)NNC(=O)[C@@H]2COc3ccccc3O2)CC1(Cl)Cl. The summed E-state index contributed by atoms with van der Waals surface area (Å²) in [5.74, 6) is 0.106. The molecule has 1 aliphatic carbocycles. The van der Waals surface area contributed by atoms with Crippen LogP contribution in [0.5, 0.6) is 11.5 Å². The molecule has 3 rings (SSSR count). The van der Waals surface area contributed by atoms with Crippen molar-refractivity contribution in [3.05, 3.63) is 24.3 Å². The second kappa shape index (κ2) is 5.21. The van der Waals surface area contributed by atoms with Crippen LogP contribution in [0.2, 0.25) is 0 Å². The molecule has 0 unspecified atom stereocenters. The van der Waals surface area contributed by atoms with Crippen molar-refractivity contribution in [1.82, 2.24) is 10.9 Å². The van der Waals surface area contributed by atoms with Gasteiger partial charge in [-0.1, -0.05) is 12.1 Å². The normalized spacial score (nSPS) is 27.7. The van der Waals surface area contributed by atoms with Crippen molar-refractivity contribution >= 4 is 35.0 Å². The monoisotopic (exact) mass is 344 g/mol. The van der Waals surface area contributed by atoms with E-state index >= 15 is 0 Å². The van der Waals surface area contributed by atoms with Crippen LogP contribution in [-0.2, 0) is 9.59 Å². The Morgan fingerprint density at radius 3 is 2.50 bits per heavy atom. The fraction of sp³-hybridized carbons (Fsp3) is 0.429. The fourth-order valence-electron chi connectivity index (χ4n) is 2.13. The van der Waals surface area contributed by atoms with Gasteiger partial charge in [0.15, 0.2) is 11.5 Å². The highest BCUT2D eigenvalue weighted by Crippen LogP contribution is 2.63. The number of hydrazine groups is 1. The third kappa shape index (κ3) is 2.57. The van der Waals surface area contributed by atoms with Crippen molar-refractivity contribution in [2.45, 2.75) is 23.8 Å². The Morgan fingerprint density at radius 2 is 1.86 bits per heavy atom. The average Bonchev–Trinajstić information content (AvgIpc) is 3.03. The van der Waals surface area contributed by atoms with Gasteiger partial charge in [0.25, 0.3) is 5.91 Å². The maximum absolute atomic E-state index is 12.0. The molecule has 1 aromatic rings. The van der Waals surface area contributed by atoms with Gasteiger partial charge in [-0.2, -0.15) is 0 Å². The summed E-state index contributed by atoms with van der Waals surface area (Å²) in [6.45, 7) is 1.69. The molecule has 1 fully saturated rings. The number of para-hydroxylation sites is 2. The Morgan fingerprint density at radius 1 is 1.23 bits per heavy atom. The number of amides is 2. The molecule has 0 saturated heterocycles. The van der Waals surface area contributed by atoms with Gasteiger partial charge in [0.05, 0.1) is 5.41 Å². The molecule has 118 valence electrons. The van der Waals surface area contributed by atoms with E-state index in [9.17, 15) is 9.59 Å². The molecule has 8 heteroatoms. The molecule has 1 aromatic carbocycles. The Kier molecular flexibility index (Phi) is 3.61. The molecule has 2 aliphatic rings. The van der Waals surface area contributed by atoms with E-state index in [2.05, 4.69) is 10.9 Å². The van der Waals surface area contributed by atoms with Crippen LogP contribution in [0.4, 0.5) is 0 Å². The van der Waals surface area contributed by atoms with E-state index in [4.69, 9.17) is 32.7 Å². The molecule has 1 saturated carbocycles. The summed E-state index contributed by atoms with van der Waals surface area (Å²) < 4.78 is 9.87. The highest BCUT2D eigenvalue weighted by atomic mass is 35.5. The molecule has 0 radical (unpaired) electrons. The molecule has 2 atom stereocenters. The van der Waals surface area contributed by atoms with Gasteiger partial charge in [0, 0.05) is 0 Å². The lowest BCUT2D eigenvalue weighted by atomic mass is 10.1. The van der Waals surface area contributed by atoms with Gasteiger partial charge in [0.2, 0.25) is 12.0 Å². The Hall–Kier alpha value is -1.66. The van der Waals surface area contributed by atoms with Crippen LogP contribution in [-0.4, -0.2) is 28.9 Å². The van der Waals surface area contributed by atoms with E-state index in [-0.39, 0.29) is 6.61 Å². The molecule has 2 N–H and O–H groups in total. The van der Waals surface area contributed by atoms with E-state index in [0.717, 1.165) is 0 Å². The average molecular weight is 345 g/mol. The molecule has 0 aromatic heterocycles. The lowest BCUT2D eigenvalue weighted by molar-refractivity contribution is -0.136. The van der Waals surface area contributed by atoms with Crippen molar-refractivity contribution in [3.8, 4) is 11.5 Å². The molecule has 2 amide bonds. The standard InChI is InChI=1S/C14H14Cl2N2O4/c1-13(7-14(13,15)16)12(20)18-17-11(19)10-6-21-8-4-2-3-5-9(8)22-10/h2-5,10H,6-7H2,1H3,(H,17,19)(H,18,20)/t10-,13+/m0/s1. The second-order valence-corrected chi connectivity index (χ2v) is 7.00. The summed E-state index contributed by atoms with van der Waals surface area (Å²) in [6, 6.07) is 7.04. The number of carbonyl (C=O) groups is 2. The number of fused-ring (bicyclic) bond motifs is 1. The number of ether oxygens (including phenoxy) is 2. The first-order valence-electron chi connectivity index (χ1n) is 6.70. The first kappa shape index (κ1) is 15.2. The number of nitrogens with one attached hydrogen (secondary N) is 2. The summed E-state index contributed by atoms with van der Waals surface area (Å²) in [5, 5.41) is 0. The van der Waals surface area contributed by atoms with Crippen molar-refractivity contribution in [1.29, 1.82) is 0 Å². The zero-order valence-corrected chi connectivity index (χ0v) is 13.2. The number of alkyl halides is 2. The Bertz CT molecular complexity index is 637. The summed E-state index contributed by atoms with van der Waals surface area (Å²) in [5.41, 5.74) is 3.72. The van der Waals surface area contributed by atoms with Crippen LogP contribution in [0.1, 0.15) is 13.3 Å². The number of carbonyl (C=O) groups excluding carboxylic acids is 2. The number of hydrogen-bond acceptors (Lipinski definition) is 4. The minimum atomic E-state index is -1.09. The van der Waals surface area contributed by atoms with Gasteiger partial charge in [0.1, 0.15) is 10.9 Å². The van der Waals surface area contributed by atoms with Gasteiger partial charge < -0.3 is 9.47 Å². The van der Waals surface area contributed by atoms with Crippen LogP contribution in [0, 0.1) is 5.41 Å². The van der Waals surface area contributed by atoms with Crippen LogP contribution >= 0.6 is 23.2 Å². The van der Waals surface area contributed by atoms with Crippen molar-refractivity contribution in [3.63, 3.8) is 0 Å². The number of rotatable bonds is 2. The van der Waals surface area contributed by atoms with Crippen molar-refractivity contribution in [2.24, 2.45) is 5.41 Å². The van der Waals surface area contributed by atoms with Crippen LogP contribution in [0.3, 0.4) is 0 Å². The maximum Gasteiger partial charge on any atom is 0.283 e. The maximum atomic E-state index is 12.0. The Labute approximate surface area is 137 Å². The number of halogens is 2. The fourth-order valence-corrected chi connectivity index (χ4v) is 2.84. The van der Waals surface area contributed by atoms with Crippen molar-refractivity contribution in [2.75, 3.05) is 6.61 Å². The zero-order valence-electron chi connectivity index (χ0n) is 11.7. The molecule has 0 spiro atoms. The molecule has 22 heavy (non-hydrogen) atoms. The minimum Gasteiger partial charge on any atom is -0.485 e. The molecule has 1 heterocycles. The highest BCUT2D eigenvalue weighted by molar-refractivity contribution is 6.53. The van der Waals surface area contributed by atoms with E-state index in [1.165, 1.54) is 0 Å². The smallest absolute Gasteiger partial charge is 0.283 e. The summed E-state index contributed by atoms with van der Waals surface area (Å²) >= 11 is 11.8. The third-order valence-electron chi connectivity index (χ3n) is 3.86. The zero-order chi connectivity index (χ0) is 16.0. The second-order valence-electron chi connectivity index (χ2n) is 5.52. The van der Waals surface area contributed by atoms with Gasteiger partial charge >= 0.3 is 0 Å². The van der Waals surface area contributed by atoms with Gasteiger partial charge in [-0.05, 0) is 25.5 Å². The van der Waals surface area contributed by atoms with Crippen LogP contribution < -0.4 is 20.3 Å². The van der Waals surface area contributed by atoms with Gasteiger partial charge in [-0.3, -0.25) is 20.4 Å². The summed E-state index contributed by atoms with van der Waals surface area (Å²) in [4.78, 5) is 24.0. The van der Waals surface area contributed by atoms with E-state index < -0.39 is 27.7 Å². The largest absolute Gasteiger partial charge is 0.485 e. The van der Waals surface area contributed by atoms with E-state index in [0.29, 0.717) is 17.9 Å².